The number of hydrogen-bond donors (Lipinski definition) is 0. The standard InChI is InChI=1S/C24H24N2O5S/c1-29-22-12-8-7-11-19(22)21-16-20(17-13-14-23(30-2)24(15-17)31-3)25-26(21)32(27,28)18-9-5-4-6-10-18/h4-15,21H,16H2,1-3H3/t21-/m0/s1. The van der Waals surface area contributed by atoms with Crippen molar-refractivity contribution in [2.75, 3.05) is 21.3 Å². The molecule has 166 valence electrons. The topological polar surface area (TPSA) is 77.4 Å². The van der Waals surface area contributed by atoms with E-state index in [1.54, 1.807) is 63.8 Å². The summed E-state index contributed by atoms with van der Waals surface area (Å²) in [5.74, 6) is 1.74. The molecule has 7 nitrogen and oxygen atoms in total. The monoisotopic (exact) mass is 452 g/mol. The van der Waals surface area contributed by atoms with Crippen molar-refractivity contribution in [1.29, 1.82) is 0 Å². The fourth-order valence-corrected chi connectivity index (χ4v) is 5.22. The second-order valence-corrected chi connectivity index (χ2v) is 8.96. The number of rotatable bonds is 7. The number of sulfonamides is 1. The summed E-state index contributed by atoms with van der Waals surface area (Å²) >= 11 is 0. The molecule has 32 heavy (non-hydrogen) atoms. The number of nitrogens with zero attached hydrogens (tertiary/aromatic N) is 2. The Morgan fingerprint density at radius 2 is 1.47 bits per heavy atom. The van der Waals surface area contributed by atoms with Crippen LogP contribution in [0.15, 0.2) is 82.8 Å². The van der Waals surface area contributed by atoms with Crippen molar-refractivity contribution in [3.63, 3.8) is 0 Å². The summed E-state index contributed by atoms with van der Waals surface area (Å²) in [5, 5.41) is 4.58. The summed E-state index contributed by atoms with van der Waals surface area (Å²) in [7, 11) is 0.797. The van der Waals surface area contributed by atoms with Crippen molar-refractivity contribution in [2.24, 2.45) is 5.10 Å². The smallest absolute Gasteiger partial charge is 0.279 e. The molecule has 0 bridgehead atoms. The molecule has 0 saturated heterocycles. The van der Waals surface area contributed by atoms with Gasteiger partial charge in [-0.1, -0.05) is 36.4 Å². The third-order valence-electron chi connectivity index (χ3n) is 5.37. The van der Waals surface area contributed by atoms with Crippen LogP contribution in [0.25, 0.3) is 0 Å². The Morgan fingerprint density at radius 1 is 0.812 bits per heavy atom. The number of ether oxygens (including phenoxy) is 3. The first-order valence-corrected chi connectivity index (χ1v) is 11.5. The van der Waals surface area contributed by atoms with Crippen LogP contribution in [0.3, 0.4) is 0 Å². The number of hydrogen-bond acceptors (Lipinski definition) is 6. The molecule has 0 fully saturated rings. The minimum atomic E-state index is -3.90. The van der Waals surface area contributed by atoms with E-state index in [-0.39, 0.29) is 4.90 Å². The molecule has 8 heteroatoms. The van der Waals surface area contributed by atoms with E-state index in [2.05, 4.69) is 5.10 Å². The molecular weight excluding hydrogens is 428 g/mol. The zero-order valence-corrected chi connectivity index (χ0v) is 18.9. The van der Waals surface area contributed by atoms with Crippen molar-refractivity contribution in [1.82, 2.24) is 4.41 Å². The van der Waals surface area contributed by atoms with Gasteiger partial charge in [0.25, 0.3) is 10.0 Å². The Balaban J connectivity index is 1.83. The van der Waals surface area contributed by atoms with Crippen LogP contribution < -0.4 is 14.2 Å². The molecular formula is C24H24N2O5S. The van der Waals surface area contributed by atoms with Crippen LogP contribution in [-0.4, -0.2) is 39.9 Å². The lowest BCUT2D eigenvalue weighted by atomic mass is 9.98. The summed E-state index contributed by atoms with van der Waals surface area (Å²) in [6, 6.07) is 20.6. The van der Waals surface area contributed by atoms with Crippen molar-refractivity contribution in [2.45, 2.75) is 17.4 Å². The molecule has 0 aliphatic carbocycles. The highest BCUT2D eigenvalue weighted by Gasteiger charge is 2.39. The first-order valence-electron chi connectivity index (χ1n) is 10.0. The van der Waals surface area contributed by atoms with E-state index < -0.39 is 16.1 Å². The molecule has 3 aromatic carbocycles. The van der Waals surface area contributed by atoms with E-state index in [1.165, 1.54) is 4.41 Å². The maximum absolute atomic E-state index is 13.6. The van der Waals surface area contributed by atoms with Crippen LogP contribution in [0.4, 0.5) is 0 Å². The van der Waals surface area contributed by atoms with E-state index in [1.807, 2.05) is 30.3 Å². The van der Waals surface area contributed by atoms with E-state index >= 15 is 0 Å². The lowest BCUT2D eigenvalue weighted by Gasteiger charge is -2.24. The zero-order chi connectivity index (χ0) is 22.7. The molecule has 1 aliphatic heterocycles. The van der Waals surface area contributed by atoms with Crippen molar-refractivity contribution in [3.05, 3.63) is 83.9 Å². The Labute approximate surface area is 187 Å². The van der Waals surface area contributed by atoms with Gasteiger partial charge in [0.2, 0.25) is 0 Å². The normalized spacial score (nSPS) is 15.9. The Morgan fingerprint density at radius 3 is 2.16 bits per heavy atom. The molecule has 0 saturated carbocycles. The van der Waals surface area contributed by atoms with Crippen LogP contribution in [-0.2, 0) is 10.0 Å². The average molecular weight is 453 g/mol. The third kappa shape index (κ3) is 3.89. The molecule has 3 aromatic rings. The molecule has 4 rings (SSSR count). The fourth-order valence-electron chi connectivity index (χ4n) is 3.77. The Kier molecular flexibility index (Phi) is 6.05. The molecule has 0 aromatic heterocycles. The zero-order valence-electron chi connectivity index (χ0n) is 18.1. The lowest BCUT2D eigenvalue weighted by molar-refractivity contribution is 0.350. The van der Waals surface area contributed by atoms with Gasteiger partial charge in [0.05, 0.1) is 38.0 Å². The van der Waals surface area contributed by atoms with Crippen molar-refractivity contribution in [3.8, 4) is 17.2 Å². The van der Waals surface area contributed by atoms with Gasteiger partial charge in [-0.25, -0.2) is 0 Å². The first kappa shape index (κ1) is 21.7. The molecule has 1 atom stereocenters. The predicted molar refractivity (Wildman–Crippen MR) is 122 cm³/mol. The van der Waals surface area contributed by atoms with Gasteiger partial charge >= 0.3 is 0 Å². The highest BCUT2D eigenvalue weighted by Crippen LogP contribution is 2.41. The van der Waals surface area contributed by atoms with E-state index in [4.69, 9.17) is 14.2 Å². The molecule has 0 unspecified atom stereocenters. The van der Waals surface area contributed by atoms with Gasteiger partial charge in [-0.05, 0) is 36.4 Å². The predicted octanol–water partition coefficient (Wildman–Crippen LogP) is 4.25. The van der Waals surface area contributed by atoms with Crippen LogP contribution in [0.2, 0.25) is 0 Å². The average Bonchev–Trinajstić information content (AvgIpc) is 3.30. The second kappa shape index (κ2) is 8.92. The van der Waals surface area contributed by atoms with Crippen LogP contribution in [0, 0.1) is 0 Å². The molecule has 0 amide bonds. The molecule has 0 radical (unpaired) electrons. The van der Waals surface area contributed by atoms with E-state index in [0.717, 1.165) is 11.1 Å². The van der Waals surface area contributed by atoms with Gasteiger partial charge in [0.1, 0.15) is 5.75 Å². The maximum Gasteiger partial charge on any atom is 0.279 e. The summed E-state index contributed by atoms with van der Waals surface area (Å²) in [6.07, 6.45) is 0.377. The second-order valence-electron chi connectivity index (χ2n) is 7.17. The SMILES string of the molecule is COc1ccc(C2=NN(S(=O)(=O)c3ccccc3)[C@H](c3ccccc3OC)C2)cc1OC. The number of methoxy groups -OCH3 is 3. The fraction of sp³-hybridized carbons (Fsp3) is 0.208. The minimum Gasteiger partial charge on any atom is -0.496 e. The van der Waals surface area contributed by atoms with Crippen LogP contribution in [0.1, 0.15) is 23.6 Å². The minimum absolute atomic E-state index is 0.178. The first-order chi connectivity index (χ1) is 15.5. The van der Waals surface area contributed by atoms with Crippen molar-refractivity contribution >= 4 is 15.7 Å². The Hall–Kier alpha value is -3.52. The van der Waals surface area contributed by atoms with Gasteiger partial charge in [0.15, 0.2) is 11.5 Å². The van der Waals surface area contributed by atoms with Gasteiger partial charge in [0, 0.05) is 17.5 Å². The third-order valence-corrected chi connectivity index (χ3v) is 7.07. The van der Waals surface area contributed by atoms with Crippen LogP contribution >= 0.6 is 0 Å². The number of benzene rings is 3. The van der Waals surface area contributed by atoms with Crippen LogP contribution in [0.5, 0.6) is 17.2 Å². The summed E-state index contributed by atoms with van der Waals surface area (Å²) < 4.78 is 44.5. The number of hydrazone groups is 1. The van der Waals surface area contributed by atoms with Gasteiger partial charge in [-0.3, -0.25) is 0 Å². The largest absolute Gasteiger partial charge is 0.496 e. The van der Waals surface area contributed by atoms with Crippen molar-refractivity contribution < 1.29 is 22.6 Å². The quantitative estimate of drug-likeness (QED) is 0.536. The summed E-state index contributed by atoms with van der Waals surface area (Å²) in [4.78, 5) is 0.178. The van der Waals surface area contributed by atoms with Gasteiger partial charge in [-0.2, -0.15) is 17.9 Å². The molecule has 0 N–H and O–H groups in total. The van der Waals surface area contributed by atoms with Gasteiger partial charge in [-0.15, -0.1) is 0 Å². The molecule has 1 aliphatic rings. The summed E-state index contributed by atoms with van der Waals surface area (Å²) in [5.41, 5.74) is 2.13. The maximum atomic E-state index is 13.6. The highest BCUT2D eigenvalue weighted by molar-refractivity contribution is 7.89. The molecule has 1 heterocycles. The van der Waals surface area contributed by atoms with E-state index in [0.29, 0.717) is 29.4 Å². The lowest BCUT2D eigenvalue weighted by Crippen LogP contribution is -2.27. The van der Waals surface area contributed by atoms with Gasteiger partial charge < -0.3 is 14.2 Å². The van der Waals surface area contributed by atoms with E-state index in [9.17, 15) is 8.42 Å². The molecule has 0 spiro atoms. The summed E-state index contributed by atoms with van der Waals surface area (Å²) in [6.45, 7) is 0. The Bertz CT molecular complexity index is 1240. The highest BCUT2D eigenvalue weighted by atomic mass is 32.2. The number of para-hydroxylation sites is 1.